The zero-order valence-corrected chi connectivity index (χ0v) is 19.8. The predicted molar refractivity (Wildman–Crippen MR) is 139 cm³/mol. The van der Waals surface area contributed by atoms with Crippen molar-refractivity contribution in [2.75, 3.05) is 5.32 Å². The van der Waals surface area contributed by atoms with Crippen LogP contribution in [0.1, 0.15) is 19.8 Å². The SMILES string of the molecule is CCCC(=O)Nc1cncc(-c2cnc3[nH]nc(-c4nc5c(-c6cccc(F)c6)nccc5[nH]4)c3c2)c1. The number of nitrogens with zero attached hydrogens (tertiary/aromatic N) is 5. The molecule has 9 nitrogen and oxygen atoms in total. The minimum absolute atomic E-state index is 0.0517. The number of hydrogen-bond acceptors (Lipinski definition) is 6. The normalized spacial score (nSPS) is 11.3. The van der Waals surface area contributed by atoms with Crippen molar-refractivity contribution in [1.82, 2.24) is 35.1 Å². The smallest absolute Gasteiger partial charge is 0.224 e. The molecule has 0 unspecified atom stereocenters. The third-order valence-electron chi connectivity index (χ3n) is 5.97. The van der Waals surface area contributed by atoms with Gasteiger partial charge in [0, 0.05) is 41.7 Å². The highest BCUT2D eigenvalue weighted by Gasteiger charge is 2.17. The Hall–Kier alpha value is -4.99. The van der Waals surface area contributed by atoms with E-state index in [0.29, 0.717) is 46.0 Å². The van der Waals surface area contributed by atoms with E-state index in [1.165, 1.54) is 12.1 Å². The summed E-state index contributed by atoms with van der Waals surface area (Å²) < 4.78 is 13.9. The van der Waals surface area contributed by atoms with Gasteiger partial charge in [-0.3, -0.25) is 19.9 Å². The molecule has 0 spiro atoms. The number of imidazole rings is 1. The first-order valence-electron chi connectivity index (χ1n) is 11.8. The van der Waals surface area contributed by atoms with Crippen LogP contribution in [0.2, 0.25) is 0 Å². The van der Waals surface area contributed by atoms with E-state index >= 15 is 0 Å². The van der Waals surface area contributed by atoms with Gasteiger partial charge in [0.2, 0.25) is 5.91 Å². The van der Waals surface area contributed by atoms with Gasteiger partial charge in [0.1, 0.15) is 17.0 Å². The average molecular weight is 493 g/mol. The summed E-state index contributed by atoms with van der Waals surface area (Å²) in [6, 6.07) is 11.9. The summed E-state index contributed by atoms with van der Waals surface area (Å²) in [5.74, 6) is 0.140. The van der Waals surface area contributed by atoms with Gasteiger partial charge in [0.25, 0.3) is 0 Å². The van der Waals surface area contributed by atoms with Gasteiger partial charge in [0.15, 0.2) is 11.5 Å². The molecule has 0 saturated carbocycles. The van der Waals surface area contributed by atoms with Crippen LogP contribution in [0.3, 0.4) is 0 Å². The van der Waals surface area contributed by atoms with Crippen LogP contribution in [-0.2, 0) is 4.79 Å². The summed E-state index contributed by atoms with van der Waals surface area (Å²) >= 11 is 0. The molecule has 1 amide bonds. The molecule has 0 bridgehead atoms. The predicted octanol–water partition coefficient (Wildman–Crippen LogP) is 5.50. The van der Waals surface area contributed by atoms with Gasteiger partial charge in [-0.25, -0.2) is 14.4 Å². The number of aromatic nitrogens is 7. The molecular formula is C27H21FN8O. The van der Waals surface area contributed by atoms with Crippen molar-refractivity contribution in [2.24, 2.45) is 0 Å². The molecule has 0 saturated heterocycles. The van der Waals surface area contributed by atoms with E-state index in [1.54, 1.807) is 36.9 Å². The van der Waals surface area contributed by atoms with E-state index in [0.717, 1.165) is 28.5 Å². The second-order valence-corrected chi connectivity index (χ2v) is 8.60. The van der Waals surface area contributed by atoms with Gasteiger partial charge in [-0.2, -0.15) is 5.10 Å². The number of hydrogen-bond donors (Lipinski definition) is 3. The van der Waals surface area contributed by atoms with Crippen LogP contribution in [0.15, 0.2) is 67.3 Å². The van der Waals surface area contributed by atoms with Crippen molar-refractivity contribution < 1.29 is 9.18 Å². The molecule has 37 heavy (non-hydrogen) atoms. The van der Waals surface area contributed by atoms with Crippen LogP contribution in [0.5, 0.6) is 0 Å². The molecule has 0 aliphatic heterocycles. The van der Waals surface area contributed by atoms with Crippen LogP contribution in [0.25, 0.3) is 56.0 Å². The lowest BCUT2D eigenvalue weighted by molar-refractivity contribution is -0.116. The Bertz CT molecular complexity index is 1770. The number of amides is 1. The summed E-state index contributed by atoms with van der Waals surface area (Å²) in [4.78, 5) is 33.3. The van der Waals surface area contributed by atoms with Crippen molar-refractivity contribution in [3.05, 3.63) is 73.1 Å². The summed E-state index contributed by atoms with van der Waals surface area (Å²) in [5.41, 5.74) is 6.01. The third-order valence-corrected chi connectivity index (χ3v) is 5.97. The number of H-pyrrole nitrogens is 2. The molecule has 182 valence electrons. The number of fused-ring (bicyclic) bond motifs is 2. The monoisotopic (exact) mass is 492 g/mol. The van der Waals surface area contributed by atoms with Crippen molar-refractivity contribution in [1.29, 1.82) is 0 Å². The Morgan fingerprint density at radius 1 is 1.00 bits per heavy atom. The lowest BCUT2D eigenvalue weighted by Crippen LogP contribution is -2.10. The lowest BCUT2D eigenvalue weighted by Gasteiger charge is -2.07. The minimum Gasteiger partial charge on any atom is -0.336 e. The van der Waals surface area contributed by atoms with Crippen LogP contribution in [0.4, 0.5) is 10.1 Å². The van der Waals surface area contributed by atoms with Crippen LogP contribution >= 0.6 is 0 Å². The van der Waals surface area contributed by atoms with Crippen LogP contribution < -0.4 is 5.32 Å². The van der Waals surface area contributed by atoms with Crippen LogP contribution in [-0.4, -0.2) is 41.0 Å². The molecule has 0 aliphatic carbocycles. The minimum atomic E-state index is -0.340. The van der Waals surface area contributed by atoms with Gasteiger partial charge in [-0.05, 0) is 36.8 Å². The van der Waals surface area contributed by atoms with Gasteiger partial charge in [-0.1, -0.05) is 19.1 Å². The van der Waals surface area contributed by atoms with Crippen molar-refractivity contribution in [3.63, 3.8) is 0 Å². The van der Waals surface area contributed by atoms with Crippen molar-refractivity contribution in [3.8, 4) is 33.9 Å². The Morgan fingerprint density at radius 2 is 1.89 bits per heavy atom. The number of anilines is 1. The second-order valence-electron chi connectivity index (χ2n) is 8.60. The van der Waals surface area contributed by atoms with Gasteiger partial charge < -0.3 is 10.3 Å². The fourth-order valence-electron chi connectivity index (χ4n) is 4.25. The number of nitrogens with one attached hydrogen (secondary N) is 3. The lowest BCUT2D eigenvalue weighted by atomic mass is 10.1. The molecule has 6 rings (SSSR count). The highest BCUT2D eigenvalue weighted by Crippen LogP contribution is 2.32. The maximum Gasteiger partial charge on any atom is 0.224 e. The highest BCUT2D eigenvalue weighted by molar-refractivity contribution is 5.96. The second kappa shape index (κ2) is 9.23. The Balaban J connectivity index is 1.40. The zero-order chi connectivity index (χ0) is 25.4. The number of rotatable bonds is 6. The van der Waals surface area contributed by atoms with E-state index < -0.39 is 0 Å². The maximum atomic E-state index is 13.9. The number of carbonyl (C=O) groups excluding carboxylic acids is 1. The zero-order valence-electron chi connectivity index (χ0n) is 19.8. The van der Waals surface area contributed by atoms with Crippen molar-refractivity contribution in [2.45, 2.75) is 19.8 Å². The van der Waals surface area contributed by atoms with Gasteiger partial charge in [0.05, 0.1) is 28.5 Å². The number of benzene rings is 1. The summed E-state index contributed by atoms with van der Waals surface area (Å²) in [6.07, 6.45) is 7.94. The molecule has 10 heteroatoms. The number of aromatic amines is 2. The van der Waals surface area contributed by atoms with Gasteiger partial charge in [-0.15, -0.1) is 0 Å². The molecule has 5 aromatic heterocycles. The van der Waals surface area contributed by atoms with E-state index in [1.807, 2.05) is 25.1 Å². The molecule has 0 radical (unpaired) electrons. The fraction of sp³-hybridized carbons (Fsp3) is 0.111. The Labute approximate surface area is 210 Å². The van der Waals surface area contributed by atoms with Gasteiger partial charge >= 0.3 is 0 Å². The fourth-order valence-corrected chi connectivity index (χ4v) is 4.25. The summed E-state index contributed by atoms with van der Waals surface area (Å²) in [5, 5.41) is 11.0. The van der Waals surface area contributed by atoms with Crippen LogP contribution in [0, 0.1) is 5.82 Å². The first-order valence-corrected chi connectivity index (χ1v) is 11.8. The first-order chi connectivity index (χ1) is 18.1. The van der Waals surface area contributed by atoms with E-state index in [9.17, 15) is 9.18 Å². The highest BCUT2D eigenvalue weighted by atomic mass is 19.1. The molecule has 1 aromatic carbocycles. The number of carbonyl (C=O) groups is 1. The molecule has 3 N–H and O–H groups in total. The molecule has 0 aliphatic rings. The molecule has 6 aromatic rings. The Morgan fingerprint density at radius 3 is 2.76 bits per heavy atom. The van der Waals surface area contributed by atoms with Crippen molar-refractivity contribution >= 4 is 33.7 Å². The van der Waals surface area contributed by atoms with E-state index in [-0.39, 0.29) is 11.7 Å². The maximum absolute atomic E-state index is 13.9. The Kier molecular flexibility index (Phi) is 5.61. The largest absolute Gasteiger partial charge is 0.336 e. The quantitative estimate of drug-likeness (QED) is 0.282. The summed E-state index contributed by atoms with van der Waals surface area (Å²) in [7, 11) is 0. The first kappa shape index (κ1) is 22.5. The molecule has 5 heterocycles. The average Bonchev–Trinajstić information content (AvgIpc) is 3.52. The van der Waals surface area contributed by atoms with E-state index in [4.69, 9.17) is 4.98 Å². The standard InChI is InChI=1S/C27H21FN8O/c1-2-4-22(37)32-19-10-16(12-29-14-19)17-11-20-24(35-36-26(20)31-13-17)27-33-21-7-8-30-23(25(21)34-27)15-5-3-6-18(28)9-15/h3,5-14H,2,4H2,1H3,(H,32,37)(H,33,34)(H,31,35,36). The third kappa shape index (κ3) is 4.29. The molecule has 0 atom stereocenters. The number of halogens is 1. The molecule has 0 fully saturated rings. The molecular weight excluding hydrogens is 471 g/mol. The summed E-state index contributed by atoms with van der Waals surface area (Å²) in [6.45, 7) is 1.96. The number of pyridine rings is 3. The topological polar surface area (TPSA) is 125 Å². The van der Waals surface area contributed by atoms with E-state index in [2.05, 4.69) is 35.5 Å².